The van der Waals surface area contributed by atoms with Crippen LogP contribution in [0.25, 0.3) is 0 Å². The maximum Gasteiger partial charge on any atom is 0.159 e. The van der Waals surface area contributed by atoms with Crippen LogP contribution in [0.15, 0.2) is 0 Å². The third kappa shape index (κ3) is 6.79. The maximum atomic E-state index is 5.41. The van der Waals surface area contributed by atoms with E-state index < -0.39 is 9.68 Å². The van der Waals surface area contributed by atoms with Crippen LogP contribution < -0.4 is 4.98 Å². The SMILES string of the molecule is CCOC(OCC)[SiH2]NC(C)C. The van der Waals surface area contributed by atoms with Crippen molar-refractivity contribution in [2.75, 3.05) is 13.2 Å². The van der Waals surface area contributed by atoms with Gasteiger partial charge in [-0.1, -0.05) is 13.8 Å². The van der Waals surface area contributed by atoms with E-state index in [1.165, 1.54) is 0 Å². The highest BCUT2D eigenvalue weighted by molar-refractivity contribution is 6.33. The van der Waals surface area contributed by atoms with E-state index in [9.17, 15) is 0 Å². The molecule has 0 aliphatic carbocycles. The van der Waals surface area contributed by atoms with Gasteiger partial charge in [0.2, 0.25) is 0 Å². The van der Waals surface area contributed by atoms with Gasteiger partial charge in [0.25, 0.3) is 0 Å². The lowest BCUT2D eigenvalue weighted by molar-refractivity contribution is -0.0836. The molecule has 0 aliphatic rings. The molecule has 0 heterocycles. The van der Waals surface area contributed by atoms with Crippen molar-refractivity contribution in [3.63, 3.8) is 0 Å². The Labute approximate surface area is 77.7 Å². The first-order valence-corrected chi connectivity index (χ1v) is 6.19. The molecule has 1 N–H and O–H groups in total. The van der Waals surface area contributed by atoms with Gasteiger partial charge in [-0.05, 0) is 19.9 Å². The molecule has 12 heavy (non-hydrogen) atoms. The monoisotopic (exact) mass is 191 g/mol. The molecule has 74 valence electrons. The largest absolute Gasteiger partial charge is 0.356 e. The van der Waals surface area contributed by atoms with Gasteiger partial charge < -0.3 is 14.5 Å². The van der Waals surface area contributed by atoms with Crippen LogP contribution in [-0.4, -0.2) is 34.9 Å². The van der Waals surface area contributed by atoms with Gasteiger partial charge in [-0.25, -0.2) is 0 Å². The fourth-order valence-corrected chi connectivity index (χ4v) is 2.24. The highest BCUT2D eigenvalue weighted by Crippen LogP contribution is 1.91. The zero-order chi connectivity index (χ0) is 9.40. The van der Waals surface area contributed by atoms with Gasteiger partial charge in [-0.15, -0.1) is 0 Å². The molecule has 0 aliphatic heterocycles. The van der Waals surface area contributed by atoms with Gasteiger partial charge in [0, 0.05) is 13.2 Å². The molecule has 3 nitrogen and oxygen atoms in total. The van der Waals surface area contributed by atoms with Crippen molar-refractivity contribution in [3.05, 3.63) is 0 Å². The summed E-state index contributed by atoms with van der Waals surface area (Å²) in [4.78, 5) is 3.40. The smallest absolute Gasteiger partial charge is 0.159 e. The molecule has 0 saturated carbocycles. The summed E-state index contributed by atoms with van der Waals surface area (Å²) in [6.45, 7) is 9.74. The van der Waals surface area contributed by atoms with Gasteiger partial charge in [0.15, 0.2) is 9.68 Å². The zero-order valence-corrected chi connectivity index (χ0v) is 10.0. The minimum absolute atomic E-state index is 0.0439. The predicted octanol–water partition coefficient (Wildman–Crippen LogP) is 0.425. The van der Waals surface area contributed by atoms with E-state index in [0.29, 0.717) is 6.04 Å². The molecular formula is C8H21NO2Si. The van der Waals surface area contributed by atoms with E-state index >= 15 is 0 Å². The third-order valence-corrected chi connectivity index (χ3v) is 3.25. The van der Waals surface area contributed by atoms with Crippen LogP contribution in [0.5, 0.6) is 0 Å². The molecule has 4 heteroatoms. The fraction of sp³-hybridized carbons (Fsp3) is 1.00. The molecule has 0 aromatic heterocycles. The van der Waals surface area contributed by atoms with E-state index in [0.717, 1.165) is 13.2 Å². The van der Waals surface area contributed by atoms with E-state index in [1.54, 1.807) is 0 Å². The van der Waals surface area contributed by atoms with Gasteiger partial charge in [-0.2, -0.15) is 0 Å². The Morgan fingerprint density at radius 1 is 1.17 bits per heavy atom. The molecule has 0 aromatic rings. The Bertz CT molecular complexity index is 95.1. The second-order valence-corrected chi connectivity index (χ2v) is 4.39. The molecule has 0 radical (unpaired) electrons. The first-order valence-electron chi connectivity index (χ1n) is 4.67. The number of hydrogen-bond donors (Lipinski definition) is 1. The summed E-state index contributed by atoms with van der Waals surface area (Å²) in [7, 11) is -0.439. The first-order chi connectivity index (χ1) is 5.70. The number of hydrogen-bond acceptors (Lipinski definition) is 3. The Kier molecular flexibility index (Phi) is 7.79. The molecule has 0 bridgehead atoms. The van der Waals surface area contributed by atoms with Crippen molar-refractivity contribution >= 4 is 9.68 Å². The molecule has 0 amide bonds. The van der Waals surface area contributed by atoms with Crippen molar-refractivity contribution in [2.45, 2.75) is 39.7 Å². The Morgan fingerprint density at radius 2 is 1.67 bits per heavy atom. The van der Waals surface area contributed by atoms with Crippen LogP contribution in [0.1, 0.15) is 27.7 Å². The van der Waals surface area contributed by atoms with Crippen molar-refractivity contribution in [1.82, 2.24) is 4.98 Å². The van der Waals surface area contributed by atoms with E-state index in [-0.39, 0.29) is 5.91 Å². The molecule has 0 aromatic carbocycles. The van der Waals surface area contributed by atoms with Crippen molar-refractivity contribution in [3.8, 4) is 0 Å². The fourth-order valence-electron chi connectivity index (χ4n) is 0.870. The van der Waals surface area contributed by atoms with Gasteiger partial charge in [-0.3, -0.25) is 0 Å². The average Bonchev–Trinajstić information content (AvgIpc) is 2.01. The van der Waals surface area contributed by atoms with Crippen LogP contribution >= 0.6 is 0 Å². The van der Waals surface area contributed by atoms with E-state index in [4.69, 9.17) is 9.47 Å². The van der Waals surface area contributed by atoms with Gasteiger partial charge in [0.1, 0.15) is 5.91 Å². The predicted molar refractivity (Wildman–Crippen MR) is 53.9 cm³/mol. The molecule has 0 rings (SSSR count). The second kappa shape index (κ2) is 7.73. The van der Waals surface area contributed by atoms with Gasteiger partial charge >= 0.3 is 0 Å². The van der Waals surface area contributed by atoms with Crippen LogP contribution in [0.4, 0.5) is 0 Å². The number of nitrogens with one attached hydrogen (secondary N) is 1. The third-order valence-electron chi connectivity index (χ3n) is 1.40. The Hall–Kier alpha value is 0.0969. The lowest BCUT2D eigenvalue weighted by atomic mass is 10.4. The summed E-state index contributed by atoms with van der Waals surface area (Å²) >= 11 is 0. The number of ether oxygens (including phenoxy) is 2. The summed E-state index contributed by atoms with van der Waals surface area (Å²) < 4.78 is 10.8. The average molecular weight is 191 g/mol. The molecule has 0 fully saturated rings. The van der Waals surface area contributed by atoms with E-state index in [2.05, 4.69) is 18.8 Å². The molecule has 0 unspecified atom stereocenters. The minimum atomic E-state index is -0.439. The van der Waals surface area contributed by atoms with Crippen molar-refractivity contribution < 1.29 is 9.47 Å². The lowest BCUT2D eigenvalue weighted by Crippen LogP contribution is -2.38. The van der Waals surface area contributed by atoms with Crippen molar-refractivity contribution in [1.29, 1.82) is 0 Å². The summed E-state index contributed by atoms with van der Waals surface area (Å²) in [5.41, 5.74) is 0. The van der Waals surface area contributed by atoms with Crippen molar-refractivity contribution in [2.24, 2.45) is 0 Å². The van der Waals surface area contributed by atoms with Crippen LogP contribution in [0.3, 0.4) is 0 Å². The Balaban J connectivity index is 3.48. The van der Waals surface area contributed by atoms with Gasteiger partial charge in [0.05, 0.1) is 0 Å². The zero-order valence-electron chi connectivity index (χ0n) is 8.59. The standard InChI is InChI=1S/C8H21NO2Si/c1-5-10-8(11-6-2)12-9-7(3)4/h7-9H,5-6,12H2,1-4H3. The van der Waals surface area contributed by atoms with E-state index in [1.807, 2.05) is 13.8 Å². The number of rotatable bonds is 7. The molecular weight excluding hydrogens is 170 g/mol. The summed E-state index contributed by atoms with van der Waals surface area (Å²) in [5, 5.41) is 0. The molecule has 0 saturated heterocycles. The molecule has 0 atom stereocenters. The quantitative estimate of drug-likeness (QED) is 0.467. The normalized spacial score (nSPS) is 12.5. The van der Waals surface area contributed by atoms with Crippen LogP contribution in [-0.2, 0) is 9.47 Å². The minimum Gasteiger partial charge on any atom is -0.356 e. The summed E-state index contributed by atoms with van der Waals surface area (Å²) in [5.74, 6) is 0.0439. The maximum absolute atomic E-state index is 5.41. The highest BCUT2D eigenvalue weighted by Gasteiger charge is 2.08. The lowest BCUT2D eigenvalue weighted by Gasteiger charge is -2.18. The van der Waals surface area contributed by atoms with Crippen LogP contribution in [0.2, 0.25) is 0 Å². The summed E-state index contributed by atoms with van der Waals surface area (Å²) in [6.07, 6.45) is 0. The van der Waals surface area contributed by atoms with Crippen LogP contribution in [0, 0.1) is 0 Å². The first kappa shape index (κ1) is 12.1. The molecule has 0 spiro atoms. The topological polar surface area (TPSA) is 30.5 Å². The summed E-state index contributed by atoms with van der Waals surface area (Å²) in [6, 6.07) is 0.542. The highest BCUT2D eigenvalue weighted by atomic mass is 28.2. The second-order valence-electron chi connectivity index (χ2n) is 2.90. The Morgan fingerprint density at radius 3 is 2.00 bits per heavy atom.